The maximum absolute atomic E-state index is 10.8. The van der Waals surface area contributed by atoms with Crippen molar-refractivity contribution in [2.24, 2.45) is 11.8 Å². The van der Waals surface area contributed by atoms with Gasteiger partial charge in [0.15, 0.2) is 0 Å². The lowest BCUT2D eigenvalue weighted by molar-refractivity contribution is -0.0112. The third-order valence-corrected chi connectivity index (χ3v) is 5.52. The highest BCUT2D eigenvalue weighted by Crippen LogP contribution is 2.41. The molecule has 0 radical (unpaired) electrons. The molecule has 2 heteroatoms. The Labute approximate surface area is 129 Å². The molecule has 0 aromatic heterocycles. The number of benzene rings is 1. The molecule has 1 aromatic rings. The molecule has 116 valence electrons. The van der Waals surface area contributed by atoms with Gasteiger partial charge in [-0.2, -0.15) is 0 Å². The first kappa shape index (κ1) is 15.1. The van der Waals surface area contributed by atoms with Crippen LogP contribution in [0.5, 0.6) is 0 Å². The predicted molar refractivity (Wildman–Crippen MR) is 87.1 cm³/mol. The molecular formula is C19H29NO. The zero-order valence-corrected chi connectivity index (χ0v) is 13.2. The summed E-state index contributed by atoms with van der Waals surface area (Å²) in [5.41, 5.74) is 0.902. The number of hydrogen-bond acceptors (Lipinski definition) is 2. The van der Waals surface area contributed by atoms with Crippen molar-refractivity contribution in [1.82, 2.24) is 5.32 Å². The highest BCUT2D eigenvalue weighted by molar-refractivity contribution is 5.21. The van der Waals surface area contributed by atoms with Gasteiger partial charge < -0.3 is 10.4 Å². The van der Waals surface area contributed by atoms with Crippen molar-refractivity contribution in [3.63, 3.8) is 0 Å². The first-order valence-electron chi connectivity index (χ1n) is 8.71. The predicted octanol–water partition coefficient (Wildman–Crippen LogP) is 4.06. The van der Waals surface area contributed by atoms with Crippen LogP contribution in [0.4, 0.5) is 0 Å². The number of nitrogens with one attached hydrogen (secondary N) is 1. The second-order valence-electron chi connectivity index (χ2n) is 7.18. The summed E-state index contributed by atoms with van der Waals surface area (Å²) in [5, 5.41) is 14.5. The van der Waals surface area contributed by atoms with Crippen LogP contribution in [0.1, 0.15) is 63.5 Å². The van der Waals surface area contributed by atoms with Crippen molar-refractivity contribution in [1.29, 1.82) is 0 Å². The quantitative estimate of drug-likeness (QED) is 0.827. The first-order chi connectivity index (χ1) is 10.2. The van der Waals surface area contributed by atoms with Crippen LogP contribution in [0.3, 0.4) is 0 Å². The normalized spacial score (nSPS) is 31.0. The molecule has 0 spiro atoms. The molecule has 2 aliphatic rings. The minimum absolute atomic E-state index is 0.430. The second-order valence-corrected chi connectivity index (χ2v) is 7.18. The molecule has 2 nitrogen and oxygen atoms in total. The van der Waals surface area contributed by atoms with Crippen LogP contribution in [0.2, 0.25) is 0 Å². The van der Waals surface area contributed by atoms with Gasteiger partial charge >= 0.3 is 0 Å². The molecule has 0 amide bonds. The van der Waals surface area contributed by atoms with Crippen LogP contribution in [0.25, 0.3) is 0 Å². The van der Waals surface area contributed by atoms with E-state index >= 15 is 0 Å². The molecule has 2 N–H and O–H groups in total. The van der Waals surface area contributed by atoms with E-state index in [0.29, 0.717) is 6.04 Å². The van der Waals surface area contributed by atoms with Crippen LogP contribution in [-0.2, 0) is 0 Å². The summed E-state index contributed by atoms with van der Waals surface area (Å²) in [7, 11) is 0. The molecule has 2 saturated carbocycles. The van der Waals surface area contributed by atoms with Gasteiger partial charge in [-0.1, -0.05) is 43.7 Å². The van der Waals surface area contributed by atoms with E-state index in [1.54, 1.807) is 0 Å². The fourth-order valence-electron chi connectivity index (χ4n) is 3.75. The Kier molecular flexibility index (Phi) is 4.66. The first-order valence-corrected chi connectivity index (χ1v) is 8.71. The monoisotopic (exact) mass is 287 g/mol. The summed E-state index contributed by atoms with van der Waals surface area (Å²) in [6.45, 7) is 3.02. The zero-order chi connectivity index (χ0) is 14.7. The molecular weight excluding hydrogens is 258 g/mol. The Morgan fingerprint density at radius 3 is 2.38 bits per heavy atom. The zero-order valence-electron chi connectivity index (χ0n) is 13.2. The van der Waals surface area contributed by atoms with E-state index in [4.69, 9.17) is 0 Å². The Morgan fingerprint density at radius 1 is 1.14 bits per heavy atom. The van der Waals surface area contributed by atoms with Crippen molar-refractivity contribution < 1.29 is 5.11 Å². The molecule has 0 bridgehead atoms. The van der Waals surface area contributed by atoms with Crippen LogP contribution in [0.15, 0.2) is 30.3 Å². The van der Waals surface area contributed by atoms with Gasteiger partial charge in [-0.25, -0.2) is 0 Å². The van der Waals surface area contributed by atoms with E-state index in [0.717, 1.165) is 31.2 Å². The molecule has 0 saturated heterocycles. The lowest BCUT2D eigenvalue weighted by atomic mass is 9.77. The summed E-state index contributed by atoms with van der Waals surface area (Å²) in [6.07, 6.45) is 8.21. The average molecular weight is 287 g/mol. The smallest absolute Gasteiger partial charge is 0.0772 e. The minimum atomic E-state index is -0.479. The van der Waals surface area contributed by atoms with E-state index in [9.17, 15) is 5.11 Å². The van der Waals surface area contributed by atoms with Gasteiger partial charge in [0, 0.05) is 12.6 Å². The van der Waals surface area contributed by atoms with Gasteiger partial charge in [0.1, 0.15) is 0 Å². The average Bonchev–Trinajstić information content (AvgIpc) is 3.34. The van der Waals surface area contributed by atoms with Crippen molar-refractivity contribution in [3.05, 3.63) is 35.9 Å². The van der Waals surface area contributed by atoms with Gasteiger partial charge in [-0.3, -0.25) is 0 Å². The molecule has 0 aliphatic heterocycles. The Morgan fingerprint density at radius 2 is 1.81 bits per heavy atom. The lowest BCUT2D eigenvalue weighted by Gasteiger charge is -2.37. The van der Waals surface area contributed by atoms with E-state index in [2.05, 4.69) is 42.6 Å². The molecule has 3 rings (SSSR count). The lowest BCUT2D eigenvalue weighted by Crippen LogP contribution is -2.44. The van der Waals surface area contributed by atoms with Crippen molar-refractivity contribution in [2.45, 2.75) is 63.5 Å². The second kappa shape index (κ2) is 6.50. The topological polar surface area (TPSA) is 32.3 Å². The molecule has 1 unspecified atom stereocenters. The van der Waals surface area contributed by atoms with Crippen LogP contribution >= 0.6 is 0 Å². The van der Waals surface area contributed by atoms with E-state index in [1.807, 2.05) is 0 Å². The number of aliphatic hydroxyl groups is 1. The molecule has 2 fully saturated rings. The maximum atomic E-state index is 10.8. The SMILES string of the molecule is CCC1CCC(O)(CNC(c2ccccc2)C2CC2)CC1. The summed E-state index contributed by atoms with van der Waals surface area (Å²) >= 11 is 0. The number of rotatable bonds is 6. The van der Waals surface area contributed by atoms with Gasteiger partial charge in [0.25, 0.3) is 0 Å². The molecule has 2 aliphatic carbocycles. The molecule has 1 atom stereocenters. The molecule has 1 aromatic carbocycles. The minimum Gasteiger partial charge on any atom is -0.389 e. The van der Waals surface area contributed by atoms with Crippen LogP contribution in [0, 0.1) is 11.8 Å². The van der Waals surface area contributed by atoms with Crippen molar-refractivity contribution >= 4 is 0 Å². The highest BCUT2D eigenvalue weighted by atomic mass is 16.3. The molecule has 0 heterocycles. The van der Waals surface area contributed by atoms with Gasteiger partial charge in [0.05, 0.1) is 5.60 Å². The van der Waals surface area contributed by atoms with Crippen LogP contribution < -0.4 is 5.32 Å². The Hall–Kier alpha value is -0.860. The third kappa shape index (κ3) is 3.87. The van der Waals surface area contributed by atoms with Crippen LogP contribution in [-0.4, -0.2) is 17.3 Å². The fraction of sp³-hybridized carbons (Fsp3) is 0.684. The van der Waals surface area contributed by atoms with Gasteiger partial charge in [0.2, 0.25) is 0 Å². The van der Waals surface area contributed by atoms with E-state index in [-0.39, 0.29) is 0 Å². The number of hydrogen-bond donors (Lipinski definition) is 2. The highest BCUT2D eigenvalue weighted by Gasteiger charge is 2.36. The van der Waals surface area contributed by atoms with Gasteiger partial charge in [-0.15, -0.1) is 0 Å². The summed E-state index contributed by atoms with van der Waals surface area (Å²) in [5.74, 6) is 1.60. The Balaban J connectivity index is 1.57. The van der Waals surface area contributed by atoms with Crippen molar-refractivity contribution in [2.75, 3.05) is 6.54 Å². The largest absolute Gasteiger partial charge is 0.389 e. The maximum Gasteiger partial charge on any atom is 0.0772 e. The van der Waals surface area contributed by atoms with E-state index < -0.39 is 5.60 Å². The summed E-state index contributed by atoms with van der Waals surface area (Å²) in [4.78, 5) is 0. The summed E-state index contributed by atoms with van der Waals surface area (Å²) in [6, 6.07) is 11.2. The van der Waals surface area contributed by atoms with Gasteiger partial charge in [-0.05, 0) is 55.9 Å². The standard InChI is InChI=1S/C19H29NO/c1-2-15-10-12-19(21,13-11-15)14-20-18(17-8-9-17)16-6-4-3-5-7-16/h3-7,15,17-18,20-21H,2,8-14H2,1H3. The molecule has 21 heavy (non-hydrogen) atoms. The summed E-state index contributed by atoms with van der Waals surface area (Å²) < 4.78 is 0. The third-order valence-electron chi connectivity index (χ3n) is 5.52. The van der Waals surface area contributed by atoms with Crippen molar-refractivity contribution in [3.8, 4) is 0 Å². The fourth-order valence-corrected chi connectivity index (χ4v) is 3.75. The van der Waals surface area contributed by atoms with E-state index in [1.165, 1.54) is 37.7 Å². The Bertz CT molecular complexity index is 432.